The van der Waals surface area contributed by atoms with E-state index < -0.39 is 16.0 Å². The maximum absolute atomic E-state index is 12.9. The molecule has 0 bridgehead atoms. The molecule has 0 aliphatic carbocycles. The van der Waals surface area contributed by atoms with E-state index in [1.165, 1.54) is 22.5 Å². The molecule has 0 unspecified atom stereocenters. The number of anilines is 1. The molecule has 0 amide bonds. The predicted molar refractivity (Wildman–Crippen MR) is 106 cm³/mol. The lowest BCUT2D eigenvalue weighted by Gasteiger charge is -2.35. The summed E-state index contributed by atoms with van der Waals surface area (Å²) >= 11 is 5.91. The largest absolute Gasteiger partial charge is 0.478 e. The van der Waals surface area contributed by atoms with Gasteiger partial charge in [-0.05, 0) is 48.0 Å². The second-order valence-electron chi connectivity index (χ2n) is 6.11. The molecule has 27 heavy (non-hydrogen) atoms. The van der Waals surface area contributed by atoms with Crippen molar-refractivity contribution in [3.8, 4) is 0 Å². The zero-order valence-corrected chi connectivity index (χ0v) is 16.0. The molecule has 0 aromatic heterocycles. The van der Waals surface area contributed by atoms with Crippen molar-refractivity contribution < 1.29 is 18.3 Å². The number of nitrogens with zero attached hydrogens (tertiary/aromatic N) is 2. The molecule has 1 heterocycles. The van der Waals surface area contributed by atoms with Gasteiger partial charge in [-0.1, -0.05) is 23.7 Å². The van der Waals surface area contributed by atoms with Crippen molar-refractivity contribution in [3.05, 3.63) is 65.2 Å². The minimum Gasteiger partial charge on any atom is -0.478 e. The van der Waals surface area contributed by atoms with Crippen molar-refractivity contribution in [2.45, 2.75) is 4.90 Å². The number of halogens is 1. The molecule has 1 fully saturated rings. The Labute approximate surface area is 163 Å². The zero-order chi connectivity index (χ0) is 19.4. The summed E-state index contributed by atoms with van der Waals surface area (Å²) in [5.74, 6) is -1.08. The molecule has 142 valence electrons. The molecule has 2 aromatic rings. The zero-order valence-electron chi connectivity index (χ0n) is 14.5. The Morgan fingerprint density at radius 1 is 1.04 bits per heavy atom. The molecule has 2 aromatic carbocycles. The third-order valence-corrected chi connectivity index (χ3v) is 6.49. The van der Waals surface area contributed by atoms with Gasteiger partial charge in [-0.2, -0.15) is 4.31 Å². The number of carbonyl (C=O) groups is 1. The number of rotatable bonds is 5. The predicted octanol–water partition coefficient (Wildman–Crippen LogP) is 2.95. The van der Waals surface area contributed by atoms with Gasteiger partial charge >= 0.3 is 5.97 Å². The van der Waals surface area contributed by atoms with Crippen LogP contribution < -0.4 is 4.90 Å². The van der Waals surface area contributed by atoms with E-state index in [2.05, 4.69) is 4.90 Å². The van der Waals surface area contributed by atoms with Crippen LogP contribution in [0.4, 0.5) is 5.69 Å². The average Bonchev–Trinajstić information content (AvgIpc) is 2.67. The van der Waals surface area contributed by atoms with Crippen molar-refractivity contribution >= 4 is 39.4 Å². The minimum absolute atomic E-state index is 0.162. The number of sulfonamides is 1. The lowest BCUT2D eigenvalue weighted by atomic mass is 10.2. The van der Waals surface area contributed by atoms with Gasteiger partial charge in [0, 0.05) is 43.0 Å². The second-order valence-corrected chi connectivity index (χ2v) is 8.49. The van der Waals surface area contributed by atoms with Crippen LogP contribution in [0.15, 0.2) is 59.5 Å². The quantitative estimate of drug-likeness (QED) is 0.772. The van der Waals surface area contributed by atoms with Crippen LogP contribution in [0.5, 0.6) is 0 Å². The first-order chi connectivity index (χ1) is 12.9. The molecular weight excluding hydrogens is 388 g/mol. The van der Waals surface area contributed by atoms with E-state index in [1.807, 2.05) is 24.3 Å². The molecular formula is C19H19ClN2O4S. The van der Waals surface area contributed by atoms with E-state index in [1.54, 1.807) is 12.1 Å². The minimum atomic E-state index is -3.63. The molecule has 0 radical (unpaired) electrons. The maximum atomic E-state index is 12.9. The van der Waals surface area contributed by atoms with Gasteiger partial charge in [0.2, 0.25) is 10.0 Å². The van der Waals surface area contributed by atoms with Crippen molar-refractivity contribution in [2.24, 2.45) is 0 Å². The van der Waals surface area contributed by atoms with Gasteiger partial charge in [0.1, 0.15) is 0 Å². The van der Waals surface area contributed by atoms with E-state index in [-0.39, 0.29) is 4.90 Å². The first-order valence-corrected chi connectivity index (χ1v) is 10.2. The molecule has 1 saturated heterocycles. The van der Waals surface area contributed by atoms with Gasteiger partial charge in [0.25, 0.3) is 0 Å². The van der Waals surface area contributed by atoms with E-state index >= 15 is 0 Å². The molecule has 1 N–H and O–H groups in total. The van der Waals surface area contributed by atoms with Crippen molar-refractivity contribution in [2.75, 3.05) is 31.1 Å². The van der Waals surface area contributed by atoms with Crippen LogP contribution in [0.2, 0.25) is 5.02 Å². The Kier molecular flexibility index (Phi) is 5.84. The highest BCUT2D eigenvalue weighted by atomic mass is 35.5. The van der Waals surface area contributed by atoms with Crippen LogP contribution in [-0.4, -0.2) is 50.0 Å². The molecule has 0 spiro atoms. The SMILES string of the molecule is O=C(O)/C=C/c1cccc(S(=O)(=O)N2CCN(c3ccc(Cl)cc3)CC2)c1. The van der Waals surface area contributed by atoms with Crippen LogP contribution in [0, 0.1) is 0 Å². The van der Waals surface area contributed by atoms with E-state index in [0.717, 1.165) is 11.8 Å². The van der Waals surface area contributed by atoms with E-state index in [4.69, 9.17) is 16.7 Å². The third kappa shape index (κ3) is 4.68. The van der Waals surface area contributed by atoms with Crippen molar-refractivity contribution in [3.63, 3.8) is 0 Å². The fourth-order valence-corrected chi connectivity index (χ4v) is 4.54. The summed E-state index contributed by atoms with van der Waals surface area (Å²) in [7, 11) is -3.63. The fourth-order valence-electron chi connectivity index (χ4n) is 2.93. The number of hydrogen-bond donors (Lipinski definition) is 1. The summed E-state index contributed by atoms with van der Waals surface area (Å²) in [5, 5.41) is 9.38. The summed E-state index contributed by atoms with van der Waals surface area (Å²) in [6.07, 6.45) is 2.36. The van der Waals surface area contributed by atoms with Gasteiger partial charge in [-0.3, -0.25) is 0 Å². The lowest BCUT2D eigenvalue weighted by molar-refractivity contribution is -0.131. The van der Waals surface area contributed by atoms with Gasteiger partial charge in [-0.25, -0.2) is 13.2 Å². The van der Waals surface area contributed by atoms with Gasteiger partial charge < -0.3 is 10.0 Å². The Morgan fingerprint density at radius 2 is 1.70 bits per heavy atom. The summed E-state index contributed by atoms with van der Waals surface area (Å²) in [6.45, 7) is 1.92. The summed E-state index contributed by atoms with van der Waals surface area (Å²) < 4.78 is 27.3. The molecule has 1 aliphatic heterocycles. The van der Waals surface area contributed by atoms with Crippen LogP contribution in [0.3, 0.4) is 0 Å². The number of carboxylic acids is 1. The standard InChI is InChI=1S/C19H19ClN2O4S/c20-16-5-7-17(8-6-16)21-10-12-22(13-11-21)27(25,26)18-3-1-2-15(14-18)4-9-19(23)24/h1-9,14H,10-13H2,(H,23,24)/b9-4+. The fraction of sp³-hybridized carbons (Fsp3) is 0.211. The van der Waals surface area contributed by atoms with Gasteiger partial charge in [0.15, 0.2) is 0 Å². The number of hydrogen-bond acceptors (Lipinski definition) is 4. The number of benzene rings is 2. The Hall–Kier alpha value is -2.35. The number of carboxylic acid groups (broad SMARTS) is 1. The van der Waals surface area contributed by atoms with Crippen LogP contribution in [0.1, 0.15) is 5.56 Å². The Morgan fingerprint density at radius 3 is 2.33 bits per heavy atom. The van der Waals surface area contributed by atoms with E-state index in [0.29, 0.717) is 36.8 Å². The van der Waals surface area contributed by atoms with E-state index in [9.17, 15) is 13.2 Å². The van der Waals surface area contributed by atoms with Crippen molar-refractivity contribution in [1.29, 1.82) is 0 Å². The first kappa shape index (κ1) is 19.4. The summed E-state index contributed by atoms with van der Waals surface area (Å²) in [5.41, 5.74) is 1.54. The number of aliphatic carboxylic acids is 1. The molecule has 3 rings (SSSR count). The number of piperazine rings is 1. The molecule has 0 atom stereocenters. The van der Waals surface area contributed by atoms with Crippen LogP contribution in [-0.2, 0) is 14.8 Å². The topological polar surface area (TPSA) is 77.9 Å². The lowest BCUT2D eigenvalue weighted by Crippen LogP contribution is -2.48. The maximum Gasteiger partial charge on any atom is 0.328 e. The highest BCUT2D eigenvalue weighted by Gasteiger charge is 2.28. The first-order valence-electron chi connectivity index (χ1n) is 8.38. The second kappa shape index (κ2) is 8.12. The normalized spacial score (nSPS) is 16.0. The third-order valence-electron chi connectivity index (χ3n) is 4.34. The van der Waals surface area contributed by atoms with Crippen LogP contribution >= 0.6 is 11.6 Å². The highest BCUT2D eigenvalue weighted by Crippen LogP contribution is 2.23. The monoisotopic (exact) mass is 406 g/mol. The molecule has 6 nitrogen and oxygen atoms in total. The summed E-state index contributed by atoms with van der Waals surface area (Å²) in [6, 6.07) is 13.8. The summed E-state index contributed by atoms with van der Waals surface area (Å²) in [4.78, 5) is 12.9. The molecule has 8 heteroatoms. The van der Waals surface area contributed by atoms with Gasteiger partial charge in [-0.15, -0.1) is 0 Å². The smallest absolute Gasteiger partial charge is 0.328 e. The Balaban J connectivity index is 1.72. The van der Waals surface area contributed by atoms with Crippen LogP contribution in [0.25, 0.3) is 6.08 Å². The molecule has 0 saturated carbocycles. The van der Waals surface area contributed by atoms with Crippen molar-refractivity contribution in [1.82, 2.24) is 4.31 Å². The highest BCUT2D eigenvalue weighted by molar-refractivity contribution is 7.89. The average molecular weight is 407 g/mol. The Bertz CT molecular complexity index is 950. The van der Waals surface area contributed by atoms with Gasteiger partial charge in [0.05, 0.1) is 4.90 Å². The molecule has 1 aliphatic rings.